The molecule has 1 aliphatic heterocycles. The third kappa shape index (κ3) is 7.93. The number of alkyl halides is 3. The second-order valence-electron chi connectivity index (χ2n) is 8.80. The number of rotatable bonds is 8. The van der Waals surface area contributed by atoms with E-state index in [4.69, 9.17) is 20.5 Å². The average Bonchev–Trinajstić information content (AvgIpc) is 3.25. The first-order chi connectivity index (χ1) is 18.8. The number of hydrogen-bond donors (Lipinski definition) is 3. The predicted molar refractivity (Wildman–Crippen MR) is 141 cm³/mol. The summed E-state index contributed by atoms with van der Waals surface area (Å²) in [6.07, 6.45) is -2.93. The zero-order chi connectivity index (χ0) is 29.5. The number of sulfonamides is 1. The first-order valence-electron chi connectivity index (χ1n) is 11.8. The second kappa shape index (κ2) is 12.8. The van der Waals surface area contributed by atoms with Crippen molar-refractivity contribution in [3.63, 3.8) is 0 Å². The van der Waals surface area contributed by atoms with Gasteiger partial charge in [-0.2, -0.15) is 18.3 Å². The molecular weight excluding hydrogens is 553 g/mol. The molecule has 0 unspecified atom stereocenters. The number of amides is 1. The number of likely N-dealkylation sites (tertiary alicyclic amines) is 1. The van der Waals surface area contributed by atoms with Gasteiger partial charge in [0.2, 0.25) is 15.9 Å². The average molecular weight is 581 g/mol. The van der Waals surface area contributed by atoms with Crippen LogP contribution in [0.3, 0.4) is 0 Å². The van der Waals surface area contributed by atoms with Gasteiger partial charge in [0.15, 0.2) is 0 Å². The SMILES string of the molecule is COc1ccc2ccc(S(=O)(=O)NC[C@@H]3CCN(Cc4cccc(C=NN)c4)C3=O)cc2c1.O=C(O)C(F)(F)F. The largest absolute Gasteiger partial charge is 0.497 e. The predicted octanol–water partition coefficient (Wildman–Crippen LogP) is 3.10. The van der Waals surface area contributed by atoms with Crippen LogP contribution in [0.25, 0.3) is 10.8 Å². The lowest BCUT2D eigenvalue weighted by Crippen LogP contribution is -2.34. The van der Waals surface area contributed by atoms with Crippen LogP contribution in [0.15, 0.2) is 70.7 Å². The molecule has 0 bridgehead atoms. The molecule has 1 fully saturated rings. The zero-order valence-corrected chi connectivity index (χ0v) is 22.1. The number of hydrogen-bond acceptors (Lipinski definition) is 7. The maximum Gasteiger partial charge on any atom is 0.490 e. The Bertz CT molecular complexity index is 1510. The van der Waals surface area contributed by atoms with Crippen molar-refractivity contribution in [2.75, 3.05) is 20.2 Å². The van der Waals surface area contributed by atoms with Gasteiger partial charge >= 0.3 is 12.1 Å². The molecular formula is C26H27F3N4O6S. The monoisotopic (exact) mass is 580 g/mol. The number of fused-ring (bicyclic) bond motifs is 1. The minimum Gasteiger partial charge on any atom is -0.497 e. The molecule has 4 N–H and O–H groups in total. The molecule has 0 aliphatic carbocycles. The van der Waals surface area contributed by atoms with Gasteiger partial charge in [0.05, 0.1) is 24.1 Å². The summed E-state index contributed by atoms with van der Waals surface area (Å²) in [5, 5.41) is 12.3. The van der Waals surface area contributed by atoms with Crippen LogP contribution in [0.5, 0.6) is 5.75 Å². The lowest BCUT2D eigenvalue weighted by molar-refractivity contribution is -0.192. The van der Waals surface area contributed by atoms with Crippen LogP contribution >= 0.6 is 0 Å². The Morgan fingerprint density at radius 3 is 2.52 bits per heavy atom. The number of carboxylic acid groups (broad SMARTS) is 1. The number of hydrazone groups is 1. The van der Waals surface area contributed by atoms with E-state index in [9.17, 15) is 26.4 Å². The van der Waals surface area contributed by atoms with Crippen molar-refractivity contribution in [2.24, 2.45) is 16.9 Å². The van der Waals surface area contributed by atoms with Crippen molar-refractivity contribution < 1.29 is 41.0 Å². The second-order valence-corrected chi connectivity index (χ2v) is 10.6. The fourth-order valence-corrected chi connectivity index (χ4v) is 5.14. The Hall–Kier alpha value is -4.17. The lowest BCUT2D eigenvalue weighted by atomic mass is 10.1. The smallest absolute Gasteiger partial charge is 0.490 e. The van der Waals surface area contributed by atoms with E-state index in [-0.39, 0.29) is 17.3 Å². The van der Waals surface area contributed by atoms with Crippen molar-refractivity contribution in [1.29, 1.82) is 0 Å². The summed E-state index contributed by atoms with van der Waals surface area (Å²) < 4.78 is 65.3. The van der Waals surface area contributed by atoms with Crippen molar-refractivity contribution in [3.05, 3.63) is 71.8 Å². The van der Waals surface area contributed by atoms with Crippen LogP contribution in [0, 0.1) is 5.92 Å². The number of methoxy groups -OCH3 is 1. The number of nitrogens with zero attached hydrogens (tertiary/aromatic N) is 2. The summed E-state index contributed by atoms with van der Waals surface area (Å²) in [5.41, 5.74) is 1.83. The van der Waals surface area contributed by atoms with Crippen LogP contribution < -0.4 is 15.3 Å². The van der Waals surface area contributed by atoms with E-state index >= 15 is 0 Å². The van der Waals surface area contributed by atoms with Crippen LogP contribution in [-0.4, -0.2) is 62.9 Å². The Morgan fingerprint density at radius 1 is 1.18 bits per heavy atom. The molecule has 3 aromatic carbocycles. The third-order valence-electron chi connectivity index (χ3n) is 6.05. The van der Waals surface area contributed by atoms with Crippen molar-refractivity contribution in [3.8, 4) is 5.75 Å². The van der Waals surface area contributed by atoms with E-state index in [2.05, 4.69) is 9.82 Å². The van der Waals surface area contributed by atoms with Gasteiger partial charge in [-0.05, 0) is 58.7 Å². The molecule has 0 saturated carbocycles. The van der Waals surface area contributed by atoms with E-state index in [0.29, 0.717) is 25.3 Å². The van der Waals surface area contributed by atoms with E-state index in [1.54, 1.807) is 42.5 Å². The van der Waals surface area contributed by atoms with Crippen LogP contribution in [-0.2, 0) is 26.2 Å². The first-order valence-corrected chi connectivity index (χ1v) is 13.3. The number of carboxylic acids is 1. The molecule has 3 aromatic rings. The van der Waals surface area contributed by atoms with Gasteiger partial charge < -0.3 is 20.6 Å². The van der Waals surface area contributed by atoms with Crippen molar-refractivity contribution in [2.45, 2.75) is 24.0 Å². The third-order valence-corrected chi connectivity index (χ3v) is 7.47. The summed E-state index contributed by atoms with van der Waals surface area (Å²) in [4.78, 5) is 23.7. The number of carbonyl (C=O) groups is 2. The number of nitrogens with one attached hydrogen (secondary N) is 1. The molecule has 0 spiro atoms. The molecule has 10 nitrogen and oxygen atoms in total. The molecule has 1 heterocycles. The molecule has 214 valence electrons. The summed E-state index contributed by atoms with van der Waals surface area (Å²) in [7, 11) is -2.19. The summed E-state index contributed by atoms with van der Waals surface area (Å²) in [5.74, 6) is 2.66. The van der Waals surface area contributed by atoms with Crippen molar-refractivity contribution >= 4 is 38.9 Å². The molecule has 1 amide bonds. The number of ether oxygens (including phenoxy) is 1. The highest BCUT2D eigenvalue weighted by Crippen LogP contribution is 2.25. The highest BCUT2D eigenvalue weighted by molar-refractivity contribution is 7.89. The van der Waals surface area contributed by atoms with E-state index in [1.165, 1.54) is 0 Å². The molecule has 1 aliphatic rings. The number of aliphatic carboxylic acids is 1. The quantitative estimate of drug-likeness (QED) is 0.210. The maximum atomic E-state index is 12.9. The minimum atomic E-state index is -5.08. The van der Waals surface area contributed by atoms with E-state index < -0.39 is 28.1 Å². The highest BCUT2D eigenvalue weighted by Gasteiger charge is 2.38. The molecule has 0 aromatic heterocycles. The molecule has 40 heavy (non-hydrogen) atoms. The molecule has 14 heteroatoms. The van der Waals surface area contributed by atoms with Crippen molar-refractivity contribution in [1.82, 2.24) is 9.62 Å². The summed E-state index contributed by atoms with van der Waals surface area (Å²) >= 11 is 0. The van der Waals surface area contributed by atoms with E-state index in [1.807, 2.05) is 36.4 Å². The van der Waals surface area contributed by atoms with Crippen LogP contribution in [0.2, 0.25) is 0 Å². The Kier molecular flexibility index (Phi) is 9.71. The zero-order valence-electron chi connectivity index (χ0n) is 21.3. The molecule has 4 rings (SSSR count). The number of nitrogens with two attached hydrogens (primary N) is 1. The minimum absolute atomic E-state index is 0.0566. The Morgan fingerprint density at radius 2 is 1.88 bits per heavy atom. The molecule has 0 radical (unpaired) electrons. The standard InChI is InChI=1S/C24H26N4O4S.C2HF3O2/c1-32-22-7-5-19-6-8-23(13-21(19)12-22)33(30,31)27-15-20-9-10-28(24(20)29)16-18-4-2-3-17(11-18)14-26-25;3-2(4,5)1(6)7/h2-8,11-14,20,27H,9-10,15-16,25H2,1H3;(H,6,7)/t20-;/m0./s1. The number of benzene rings is 3. The fraction of sp³-hybridized carbons (Fsp3) is 0.269. The Balaban J connectivity index is 0.000000559. The first kappa shape index (κ1) is 30.4. The van der Waals surface area contributed by atoms with Gasteiger partial charge in [-0.1, -0.05) is 30.3 Å². The summed E-state index contributed by atoms with van der Waals surface area (Å²) in [6.45, 7) is 1.10. The Labute approximate surface area is 228 Å². The van der Waals surface area contributed by atoms with Gasteiger partial charge in [-0.25, -0.2) is 17.9 Å². The lowest BCUT2D eigenvalue weighted by Gasteiger charge is -2.17. The molecule has 1 saturated heterocycles. The highest BCUT2D eigenvalue weighted by atomic mass is 32.2. The van der Waals surface area contributed by atoms with Crippen LogP contribution in [0.4, 0.5) is 13.2 Å². The van der Waals surface area contributed by atoms with Gasteiger partial charge in [-0.15, -0.1) is 0 Å². The maximum absolute atomic E-state index is 12.9. The fourth-order valence-electron chi connectivity index (χ4n) is 4.02. The summed E-state index contributed by atoms with van der Waals surface area (Å²) in [6, 6.07) is 18.1. The molecule has 1 atom stereocenters. The van der Waals surface area contributed by atoms with Gasteiger partial charge in [0, 0.05) is 19.6 Å². The normalized spacial score (nSPS) is 15.8. The van der Waals surface area contributed by atoms with E-state index in [0.717, 1.165) is 21.9 Å². The number of carbonyl (C=O) groups excluding carboxylic acids is 1. The number of halogens is 3. The van der Waals surface area contributed by atoms with Gasteiger partial charge in [0.1, 0.15) is 5.75 Å². The van der Waals surface area contributed by atoms with Gasteiger partial charge in [-0.3, -0.25) is 4.79 Å². The topological polar surface area (TPSA) is 151 Å². The van der Waals surface area contributed by atoms with Crippen LogP contribution in [0.1, 0.15) is 17.5 Å². The van der Waals surface area contributed by atoms with Gasteiger partial charge in [0.25, 0.3) is 0 Å².